The molecule has 0 unspecified atom stereocenters. The molecule has 0 atom stereocenters. The van der Waals surface area contributed by atoms with Gasteiger partial charge in [-0.3, -0.25) is 4.79 Å². The van der Waals surface area contributed by atoms with E-state index in [0.29, 0.717) is 6.61 Å². The van der Waals surface area contributed by atoms with Crippen molar-refractivity contribution in [1.82, 2.24) is 0 Å². The molecular weight excluding hydrogens is 214 g/mol. The van der Waals surface area contributed by atoms with E-state index in [9.17, 15) is 4.79 Å². The number of carbonyl (C=O) groups excluding carboxylic acids is 1. The number of hydrogen-bond acceptors (Lipinski definition) is 2. The van der Waals surface area contributed by atoms with Crippen LogP contribution in [0, 0.1) is 12.8 Å². The van der Waals surface area contributed by atoms with Gasteiger partial charge in [0.25, 0.3) is 0 Å². The molecule has 0 heterocycles. The summed E-state index contributed by atoms with van der Waals surface area (Å²) in [5, 5.41) is 2.88. The summed E-state index contributed by atoms with van der Waals surface area (Å²) in [6, 6.07) is 5.81. The normalized spacial score (nSPS) is 10.4. The molecule has 1 N–H and O–H groups in total. The molecule has 1 aromatic rings. The van der Waals surface area contributed by atoms with E-state index in [4.69, 9.17) is 4.74 Å². The number of aryl methyl sites for hydroxylation is 1. The van der Waals surface area contributed by atoms with Gasteiger partial charge in [0.05, 0.1) is 12.3 Å². The van der Waals surface area contributed by atoms with Gasteiger partial charge in [0.15, 0.2) is 0 Å². The molecule has 1 rings (SSSR count). The second-order valence-corrected chi connectivity index (χ2v) is 4.49. The van der Waals surface area contributed by atoms with Crippen molar-refractivity contribution >= 4 is 11.6 Å². The van der Waals surface area contributed by atoms with Gasteiger partial charge in [0, 0.05) is 5.92 Å². The van der Waals surface area contributed by atoms with Crippen LogP contribution in [0.2, 0.25) is 0 Å². The third kappa shape index (κ3) is 4.10. The van der Waals surface area contributed by atoms with Gasteiger partial charge in [-0.15, -0.1) is 0 Å². The highest BCUT2D eigenvalue weighted by atomic mass is 16.5. The predicted octanol–water partition coefficient (Wildman–Crippen LogP) is 3.38. The second kappa shape index (κ2) is 6.28. The molecule has 94 valence electrons. The van der Waals surface area contributed by atoms with Crippen LogP contribution in [-0.4, -0.2) is 12.5 Å². The molecule has 0 saturated heterocycles. The lowest BCUT2D eigenvalue weighted by molar-refractivity contribution is -0.118. The molecule has 3 nitrogen and oxygen atoms in total. The van der Waals surface area contributed by atoms with Crippen LogP contribution in [0.1, 0.15) is 32.8 Å². The maximum absolute atomic E-state index is 11.7. The quantitative estimate of drug-likeness (QED) is 0.849. The van der Waals surface area contributed by atoms with E-state index in [1.807, 2.05) is 39.0 Å². The maximum Gasteiger partial charge on any atom is 0.227 e. The van der Waals surface area contributed by atoms with Gasteiger partial charge in [-0.25, -0.2) is 0 Å². The van der Waals surface area contributed by atoms with Crippen LogP contribution in [0.25, 0.3) is 0 Å². The minimum Gasteiger partial charge on any atom is -0.491 e. The summed E-state index contributed by atoms with van der Waals surface area (Å²) in [4.78, 5) is 11.7. The van der Waals surface area contributed by atoms with Crippen LogP contribution in [0.15, 0.2) is 18.2 Å². The molecule has 1 aromatic carbocycles. The minimum absolute atomic E-state index is 0.00945. The average Bonchev–Trinajstić information content (AvgIpc) is 2.29. The third-order valence-corrected chi connectivity index (χ3v) is 2.38. The van der Waals surface area contributed by atoms with Crippen molar-refractivity contribution in [2.45, 2.75) is 34.1 Å². The van der Waals surface area contributed by atoms with Gasteiger partial charge in [-0.2, -0.15) is 0 Å². The lowest BCUT2D eigenvalue weighted by Gasteiger charge is -2.14. The van der Waals surface area contributed by atoms with Gasteiger partial charge in [0.2, 0.25) is 5.91 Å². The van der Waals surface area contributed by atoms with Crippen molar-refractivity contribution in [3.05, 3.63) is 23.8 Å². The Balaban J connectivity index is 2.85. The molecule has 0 aliphatic rings. The SMILES string of the molecule is CCCOc1cc(C)ccc1NC(=O)C(C)C. The highest BCUT2D eigenvalue weighted by Gasteiger charge is 2.10. The fourth-order valence-corrected chi connectivity index (χ4v) is 1.34. The molecule has 0 saturated carbocycles. The number of rotatable bonds is 5. The number of benzene rings is 1. The van der Waals surface area contributed by atoms with Crippen LogP contribution < -0.4 is 10.1 Å². The predicted molar refractivity (Wildman–Crippen MR) is 70.4 cm³/mol. The van der Waals surface area contributed by atoms with E-state index in [1.54, 1.807) is 0 Å². The summed E-state index contributed by atoms with van der Waals surface area (Å²) < 4.78 is 5.63. The third-order valence-electron chi connectivity index (χ3n) is 2.38. The Hall–Kier alpha value is -1.51. The largest absolute Gasteiger partial charge is 0.491 e. The zero-order valence-corrected chi connectivity index (χ0v) is 11.0. The Morgan fingerprint density at radius 3 is 2.71 bits per heavy atom. The van der Waals surface area contributed by atoms with Crippen molar-refractivity contribution in [1.29, 1.82) is 0 Å². The van der Waals surface area contributed by atoms with Crippen molar-refractivity contribution < 1.29 is 9.53 Å². The van der Waals surface area contributed by atoms with E-state index >= 15 is 0 Å². The zero-order chi connectivity index (χ0) is 12.8. The first kappa shape index (κ1) is 13.6. The standard InChI is InChI=1S/C14H21NO2/c1-5-8-17-13-9-11(4)6-7-12(13)15-14(16)10(2)3/h6-7,9-10H,5,8H2,1-4H3,(H,15,16). The van der Waals surface area contributed by atoms with Crippen molar-refractivity contribution in [3.8, 4) is 5.75 Å². The zero-order valence-electron chi connectivity index (χ0n) is 11.0. The lowest BCUT2D eigenvalue weighted by atomic mass is 10.1. The Morgan fingerprint density at radius 2 is 2.12 bits per heavy atom. The minimum atomic E-state index is -0.0321. The van der Waals surface area contributed by atoms with Gasteiger partial charge in [0.1, 0.15) is 5.75 Å². The van der Waals surface area contributed by atoms with E-state index in [-0.39, 0.29) is 11.8 Å². The van der Waals surface area contributed by atoms with Crippen molar-refractivity contribution in [2.24, 2.45) is 5.92 Å². The average molecular weight is 235 g/mol. The topological polar surface area (TPSA) is 38.3 Å². The van der Waals surface area contributed by atoms with E-state index in [1.165, 1.54) is 0 Å². The van der Waals surface area contributed by atoms with Crippen LogP contribution >= 0.6 is 0 Å². The number of amides is 1. The van der Waals surface area contributed by atoms with Gasteiger partial charge < -0.3 is 10.1 Å². The summed E-state index contributed by atoms with van der Waals surface area (Å²) in [5.41, 5.74) is 1.88. The fraction of sp³-hybridized carbons (Fsp3) is 0.500. The number of nitrogens with one attached hydrogen (secondary N) is 1. The highest BCUT2D eigenvalue weighted by Crippen LogP contribution is 2.26. The first-order valence-electron chi connectivity index (χ1n) is 6.09. The molecule has 0 radical (unpaired) electrons. The molecule has 0 spiro atoms. The number of anilines is 1. The molecule has 3 heteroatoms. The number of ether oxygens (including phenoxy) is 1. The number of carbonyl (C=O) groups is 1. The molecule has 0 fully saturated rings. The van der Waals surface area contributed by atoms with Crippen LogP contribution in [-0.2, 0) is 4.79 Å². The summed E-state index contributed by atoms with van der Waals surface area (Å²) in [6.45, 7) is 8.47. The van der Waals surface area contributed by atoms with Crippen molar-refractivity contribution in [2.75, 3.05) is 11.9 Å². The molecule has 1 amide bonds. The Morgan fingerprint density at radius 1 is 1.41 bits per heavy atom. The smallest absolute Gasteiger partial charge is 0.227 e. The second-order valence-electron chi connectivity index (χ2n) is 4.49. The van der Waals surface area contributed by atoms with Gasteiger partial charge >= 0.3 is 0 Å². The first-order chi connectivity index (χ1) is 8.04. The fourth-order valence-electron chi connectivity index (χ4n) is 1.34. The maximum atomic E-state index is 11.7. The molecule has 0 aromatic heterocycles. The summed E-state index contributed by atoms with van der Waals surface area (Å²) >= 11 is 0. The summed E-state index contributed by atoms with van der Waals surface area (Å²) in [5.74, 6) is 0.728. The molecule has 0 aliphatic carbocycles. The van der Waals surface area contributed by atoms with E-state index < -0.39 is 0 Å². The molecule has 0 aliphatic heterocycles. The summed E-state index contributed by atoms with van der Waals surface area (Å²) in [7, 11) is 0. The van der Waals surface area contributed by atoms with Crippen LogP contribution in [0.3, 0.4) is 0 Å². The Kier molecular flexibility index (Phi) is 5.01. The number of hydrogen-bond donors (Lipinski definition) is 1. The Labute approximate surface area is 103 Å². The van der Waals surface area contributed by atoms with Gasteiger partial charge in [-0.05, 0) is 31.0 Å². The van der Waals surface area contributed by atoms with Crippen molar-refractivity contribution in [3.63, 3.8) is 0 Å². The Bertz CT molecular complexity index is 386. The summed E-state index contributed by atoms with van der Waals surface area (Å²) in [6.07, 6.45) is 0.950. The van der Waals surface area contributed by atoms with Gasteiger partial charge in [-0.1, -0.05) is 26.8 Å². The van der Waals surface area contributed by atoms with E-state index in [2.05, 4.69) is 12.2 Å². The lowest BCUT2D eigenvalue weighted by Crippen LogP contribution is -2.18. The first-order valence-corrected chi connectivity index (χ1v) is 6.09. The van der Waals surface area contributed by atoms with Crippen LogP contribution in [0.4, 0.5) is 5.69 Å². The van der Waals surface area contributed by atoms with Crippen LogP contribution in [0.5, 0.6) is 5.75 Å². The monoisotopic (exact) mass is 235 g/mol. The molecular formula is C14H21NO2. The highest BCUT2D eigenvalue weighted by molar-refractivity contribution is 5.93. The molecule has 0 bridgehead atoms. The molecule has 17 heavy (non-hydrogen) atoms. The van der Waals surface area contributed by atoms with E-state index in [0.717, 1.165) is 23.4 Å².